The fourth-order valence-corrected chi connectivity index (χ4v) is 5.56. The van der Waals surface area contributed by atoms with E-state index in [1.807, 2.05) is 22.9 Å². The van der Waals surface area contributed by atoms with Gasteiger partial charge in [0, 0.05) is 56.2 Å². The molecule has 40 heavy (non-hydrogen) atoms. The number of hydrogen-bond donors (Lipinski definition) is 0. The second-order valence-corrected chi connectivity index (χ2v) is 10.00. The molecule has 0 unspecified atom stereocenters. The van der Waals surface area contributed by atoms with Crippen molar-refractivity contribution in [2.45, 2.75) is 39.0 Å². The molecule has 4 heterocycles. The molecule has 0 radical (unpaired) electrons. The molecule has 206 valence electrons. The number of methoxy groups -OCH3 is 1. The highest BCUT2D eigenvalue weighted by atomic mass is 19.4. The van der Waals surface area contributed by atoms with Crippen molar-refractivity contribution in [1.29, 1.82) is 0 Å². The zero-order valence-corrected chi connectivity index (χ0v) is 22.4. The molecule has 0 saturated heterocycles. The van der Waals surface area contributed by atoms with Gasteiger partial charge in [0.1, 0.15) is 23.4 Å². The summed E-state index contributed by atoms with van der Waals surface area (Å²) in [6.07, 6.45) is 5.03. The third kappa shape index (κ3) is 4.65. The summed E-state index contributed by atoms with van der Waals surface area (Å²) < 4.78 is 50.8. The van der Waals surface area contributed by atoms with Gasteiger partial charge in [-0.2, -0.15) is 18.3 Å². The lowest BCUT2D eigenvalue weighted by Crippen LogP contribution is -2.32. The maximum absolute atomic E-state index is 14.0. The molecule has 3 aromatic heterocycles. The predicted molar refractivity (Wildman–Crippen MR) is 145 cm³/mol. The Kier molecular flexibility index (Phi) is 6.44. The number of imidazole rings is 1. The van der Waals surface area contributed by atoms with Crippen LogP contribution in [0.2, 0.25) is 0 Å². The van der Waals surface area contributed by atoms with Crippen LogP contribution in [0.5, 0.6) is 5.75 Å². The summed E-state index contributed by atoms with van der Waals surface area (Å²) in [6.45, 7) is 3.65. The average molecular weight is 548 g/mol. The number of halogens is 3. The van der Waals surface area contributed by atoms with Crippen molar-refractivity contribution in [3.63, 3.8) is 0 Å². The maximum atomic E-state index is 14.0. The normalized spacial score (nSPS) is 13.6. The van der Waals surface area contributed by atoms with Crippen LogP contribution < -0.4 is 9.64 Å². The lowest BCUT2D eigenvalue weighted by molar-refractivity contribution is -0.140. The molecule has 0 spiro atoms. The fourth-order valence-electron chi connectivity index (χ4n) is 5.56. The van der Waals surface area contributed by atoms with Gasteiger partial charge in [0.2, 0.25) is 0 Å². The van der Waals surface area contributed by atoms with Gasteiger partial charge in [0.05, 0.1) is 13.4 Å². The zero-order valence-electron chi connectivity index (χ0n) is 22.4. The molecule has 0 saturated carbocycles. The molecule has 0 N–H and O–H groups in total. The van der Waals surface area contributed by atoms with E-state index >= 15 is 0 Å². The standard InChI is InChI=1S/C29H28F3N7O/c1-4-18-10-23-26(25(12-18)40-3)34-16-35-28(23)39-7-5-21-20(14-39)9-19(13-38-8-6-33-17-38)11-22(21)24-15-37(2)36-27(24)29(30,31)32/h6,8-12,15-17H,4-5,7,13-14H2,1-3H3. The Morgan fingerprint density at radius 1 is 1.05 bits per heavy atom. The minimum absolute atomic E-state index is 0.0944. The number of rotatable bonds is 6. The summed E-state index contributed by atoms with van der Waals surface area (Å²) >= 11 is 0. The van der Waals surface area contributed by atoms with E-state index in [4.69, 9.17) is 4.74 Å². The Morgan fingerprint density at radius 3 is 2.62 bits per heavy atom. The molecule has 1 aliphatic rings. The van der Waals surface area contributed by atoms with Crippen molar-refractivity contribution in [2.24, 2.45) is 7.05 Å². The van der Waals surface area contributed by atoms with Crippen LogP contribution in [0, 0.1) is 0 Å². The van der Waals surface area contributed by atoms with E-state index in [-0.39, 0.29) is 5.56 Å². The first-order chi connectivity index (χ1) is 19.2. The molecular formula is C29H28F3N7O. The second kappa shape index (κ2) is 9.96. The number of nitrogens with zero attached hydrogens (tertiary/aromatic N) is 7. The van der Waals surface area contributed by atoms with Gasteiger partial charge in [-0.25, -0.2) is 15.0 Å². The molecule has 0 bridgehead atoms. The quantitative estimate of drug-likeness (QED) is 0.282. The van der Waals surface area contributed by atoms with Crippen LogP contribution >= 0.6 is 0 Å². The van der Waals surface area contributed by atoms with Gasteiger partial charge < -0.3 is 14.2 Å². The first kappa shape index (κ1) is 25.8. The lowest BCUT2D eigenvalue weighted by Gasteiger charge is -2.32. The van der Waals surface area contributed by atoms with Crippen LogP contribution in [0.1, 0.15) is 34.9 Å². The summed E-state index contributed by atoms with van der Waals surface area (Å²) in [4.78, 5) is 15.4. The summed E-state index contributed by atoms with van der Waals surface area (Å²) in [5.41, 5.74) is 4.37. The van der Waals surface area contributed by atoms with Gasteiger partial charge >= 0.3 is 6.18 Å². The highest BCUT2D eigenvalue weighted by molar-refractivity contribution is 5.94. The van der Waals surface area contributed by atoms with E-state index < -0.39 is 11.9 Å². The third-order valence-electron chi connectivity index (χ3n) is 7.38. The summed E-state index contributed by atoms with van der Waals surface area (Å²) in [5.74, 6) is 1.47. The first-order valence-corrected chi connectivity index (χ1v) is 13.0. The van der Waals surface area contributed by atoms with Gasteiger partial charge in [-0.3, -0.25) is 4.68 Å². The Labute approximate surface area is 229 Å². The molecular weight excluding hydrogens is 519 g/mol. The Balaban J connectivity index is 1.48. The number of ether oxygens (including phenoxy) is 1. The van der Waals surface area contributed by atoms with E-state index in [0.29, 0.717) is 37.4 Å². The van der Waals surface area contributed by atoms with Crippen LogP contribution in [0.3, 0.4) is 0 Å². The van der Waals surface area contributed by atoms with Crippen molar-refractivity contribution in [1.82, 2.24) is 29.3 Å². The third-order valence-corrected chi connectivity index (χ3v) is 7.38. The van der Waals surface area contributed by atoms with Gasteiger partial charge in [-0.1, -0.05) is 13.0 Å². The van der Waals surface area contributed by atoms with Crippen molar-refractivity contribution < 1.29 is 17.9 Å². The van der Waals surface area contributed by atoms with E-state index in [9.17, 15) is 13.2 Å². The van der Waals surface area contributed by atoms with Gasteiger partial charge in [-0.15, -0.1) is 0 Å². The SMILES string of the molecule is CCc1cc(OC)c2ncnc(N3CCc4c(cc(Cn5ccnc5)cc4-c4cn(C)nc4C(F)(F)F)C3)c2c1. The van der Waals surface area contributed by atoms with Gasteiger partial charge in [0.15, 0.2) is 5.69 Å². The van der Waals surface area contributed by atoms with Crippen molar-refractivity contribution in [3.05, 3.63) is 83.5 Å². The van der Waals surface area contributed by atoms with E-state index in [1.54, 1.807) is 19.6 Å². The Bertz CT molecular complexity index is 1690. The first-order valence-electron chi connectivity index (χ1n) is 13.0. The highest BCUT2D eigenvalue weighted by Gasteiger charge is 2.38. The van der Waals surface area contributed by atoms with E-state index in [1.165, 1.54) is 24.3 Å². The monoisotopic (exact) mass is 547 g/mol. The maximum Gasteiger partial charge on any atom is 0.435 e. The molecule has 0 aliphatic carbocycles. The molecule has 5 aromatic rings. The Hall–Kier alpha value is -4.41. The highest BCUT2D eigenvalue weighted by Crippen LogP contribution is 2.41. The number of alkyl halides is 3. The molecule has 0 atom stereocenters. The number of hydrogen-bond acceptors (Lipinski definition) is 6. The molecule has 1 aliphatic heterocycles. The number of aromatic nitrogens is 6. The molecule has 0 fully saturated rings. The molecule has 11 heteroatoms. The fraction of sp³-hybridized carbons (Fsp3) is 0.310. The van der Waals surface area contributed by atoms with Gasteiger partial charge in [-0.05, 0) is 58.9 Å². The summed E-state index contributed by atoms with van der Waals surface area (Å²) in [7, 11) is 3.14. The van der Waals surface area contributed by atoms with E-state index in [0.717, 1.165) is 45.4 Å². The topological polar surface area (TPSA) is 73.9 Å². The van der Waals surface area contributed by atoms with Crippen molar-refractivity contribution >= 4 is 16.7 Å². The minimum atomic E-state index is -4.57. The number of anilines is 1. The van der Waals surface area contributed by atoms with Crippen LogP contribution in [0.25, 0.3) is 22.0 Å². The van der Waals surface area contributed by atoms with Crippen LogP contribution in [-0.2, 0) is 39.2 Å². The molecule has 2 aromatic carbocycles. The molecule has 0 amide bonds. The second-order valence-electron chi connectivity index (χ2n) is 10.00. The van der Waals surface area contributed by atoms with Crippen molar-refractivity contribution in [2.75, 3.05) is 18.6 Å². The van der Waals surface area contributed by atoms with E-state index in [2.05, 4.69) is 44.0 Å². The zero-order chi connectivity index (χ0) is 28.0. The predicted octanol–water partition coefficient (Wildman–Crippen LogP) is 5.43. The number of benzene rings is 2. The summed E-state index contributed by atoms with van der Waals surface area (Å²) in [5, 5.41) is 4.67. The summed E-state index contributed by atoms with van der Waals surface area (Å²) in [6, 6.07) is 8.02. The van der Waals surface area contributed by atoms with Crippen molar-refractivity contribution in [3.8, 4) is 16.9 Å². The van der Waals surface area contributed by atoms with Crippen LogP contribution in [0.4, 0.5) is 19.0 Å². The average Bonchev–Trinajstić information content (AvgIpc) is 3.60. The van der Waals surface area contributed by atoms with Gasteiger partial charge in [0.25, 0.3) is 0 Å². The lowest BCUT2D eigenvalue weighted by atomic mass is 9.88. The smallest absolute Gasteiger partial charge is 0.435 e. The largest absolute Gasteiger partial charge is 0.494 e. The number of aryl methyl sites for hydroxylation is 2. The Morgan fingerprint density at radius 2 is 1.90 bits per heavy atom. The van der Waals surface area contributed by atoms with Crippen LogP contribution in [-0.4, -0.2) is 43.0 Å². The molecule has 6 rings (SSSR count). The number of fused-ring (bicyclic) bond motifs is 2. The molecule has 8 nitrogen and oxygen atoms in total. The van der Waals surface area contributed by atoms with Crippen LogP contribution in [0.15, 0.2) is 55.5 Å². The minimum Gasteiger partial charge on any atom is -0.494 e.